The van der Waals surface area contributed by atoms with Crippen molar-refractivity contribution < 1.29 is 20.4 Å². The van der Waals surface area contributed by atoms with Gasteiger partial charge in [0.05, 0.1) is 40.2 Å². The van der Waals surface area contributed by atoms with Gasteiger partial charge < -0.3 is 20.4 Å². The highest BCUT2D eigenvalue weighted by atomic mass is 35.5. The largest absolute Gasteiger partial charge is 0.505 e. The lowest BCUT2D eigenvalue weighted by molar-refractivity contribution is 0.473. The van der Waals surface area contributed by atoms with Gasteiger partial charge in [0.2, 0.25) is 0 Å². The molecule has 4 rings (SSSR count). The van der Waals surface area contributed by atoms with Gasteiger partial charge in [-0.25, -0.2) is 0 Å². The van der Waals surface area contributed by atoms with Gasteiger partial charge in [0.1, 0.15) is 0 Å². The lowest BCUT2D eigenvalue weighted by Gasteiger charge is -2.27. The molecule has 0 unspecified atom stereocenters. The zero-order chi connectivity index (χ0) is 31.9. The molecule has 0 atom stereocenters. The van der Waals surface area contributed by atoms with E-state index in [0.717, 1.165) is 22.3 Å². The second-order valence-electron chi connectivity index (χ2n) is 10.4. The molecule has 0 radical (unpaired) electrons. The van der Waals surface area contributed by atoms with E-state index in [4.69, 9.17) is 92.8 Å². The van der Waals surface area contributed by atoms with Crippen molar-refractivity contribution in [1.29, 1.82) is 0 Å². The van der Waals surface area contributed by atoms with Crippen LogP contribution in [-0.4, -0.2) is 20.4 Å². The van der Waals surface area contributed by atoms with E-state index in [0.29, 0.717) is 0 Å². The van der Waals surface area contributed by atoms with Crippen LogP contribution in [0.5, 0.6) is 23.0 Å². The Morgan fingerprint density at radius 2 is 0.452 bits per heavy atom. The first-order valence-electron chi connectivity index (χ1n) is 12.0. The summed E-state index contributed by atoms with van der Waals surface area (Å²) in [4.78, 5) is 0. The second-order valence-corrected chi connectivity index (χ2v) is 13.7. The van der Waals surface area contributed by atoms with Crippen molar-refractivity contribution in [2.45, 2.75) is 38.5 Å². The minimum atomic E-state index is -0.526. The van der Waals surface area contributed by atoms with Crippen LogP contribution in [0.25, 0.3) is 0 Å². The Labute approximate surface area is 283 Å². The molecule has 0 bridgehead atoms. The normalized spacial score (nSPS) is 11.7. The standard InChI is InChI=1S/2C15H12Cl4O2/c2*1-15(2,7-3-9(16)13(20)10(17)4-7)8-5-11(18)14(21)12(19)6-8/h2*3-6,20-21H,1-2H3. The topological polar surface area (TPSA) is 80.9 Å². The lowest BCUT2D eigenvalue weighted by atomic mass is 9.78. The fourth-order valence-electron chi connectivity index (χ4n) is 4.04. The van der Waals surface area contributed by atoms with Crippen LogP contribution in [0.2, 0.25) is 40.2 Å². The molecule has 12 heteroatoms. The van der Waals surface area contributed by atoms with Gasteiger partial charge in [0.25, 0.3) is 0 Å². The summed E-state index contributed by atoms with van der Waals surface area (Å²) in [7, 11) is 0. The fraction of sp³-hybridized carbons (Fsp3) is 0.200. The molecule has 0 aromatic heterocycles. The molecule has 4 nitrogen and oxygen atoms in total. The predicted molar refractivity (Wildman–Crippen MR) is 177 cm³/mol. The van der Waals surface area contributed by atoms with Crippen LogP contribution in [0.15, 0.2) is 48.5 Å². The average molecular weight is 732 g/mol. The van der Waals surface area contributed by atoms with Crippen molar-refractivity contribution in [3.63, 3.8) is 0 Å². The second kappa shape index (κ2) is 13.2. The molecule has 4 aromatic rings. The van der Waals surface area contributed by atoms with E-state index in [1.165, 1.54) is 0 Å². The molecule has 224 valence electrons. The first-order chi connectivity index (χ1) is 19.3. The van der Waals surface area contributed by atoms with Crippen LogP contribution in [0.1, 0.15) is 49.9 Å². The number of halogens is 8. The third-order valence-corrected chi connectivity index (χ3v) is 9.26. The molecule has 0 fully saturated rings. The van der Waals surface area contributed by atoms with Crippen molar-refractivity contribution in [1.82, 2.24) is 0 Å². The van der Waals surface area contributed by atoms with Crippen molar-refractivity contribution in [3.05, 3.63) is 111 Å². The molecule has 0 saturated heterocycles. The number of phenols is 4. The average Bonchev–Trinajstić information content (AvgIpc) is 2.91. The quantitative estimate of drug-likeness (QED) is 0.168. The third kappa shape index (κ3) is 7.20. The molecule has 0 aliphatic heterocycles. The lowest BCUT2D eigenvalue weighted by Crippen LogP contribution is -2.19. The van der Waals surface area contributed by atoms with E-state index in [-0.39, 0.29) is 63.2 Å². The highest BCUT2D eigenvalue weighted by Crippen LogP contribution is 2.44. The van der Waals surface area contributed by atoms with Gasteiger partial charge in [-0.15, -0.1) is 0 Å². The summed E-state index contributed by atoms with van der Waals surface area (Å²) in [6.07, 6.45) is 0. The number of aromatic hydroxyl groups is 4. The molecule has 4 N–H and O–H groups in total. The van der Waals surface area contributed by atoms with Gasteiger partial charge in [-0.2, -0.15) is 0 Å². The van der Waals surface area contributed by atoms with Gasteiger partial charge in [-0.05, 0) is 70.8 Å². The number of hydrogen-bond donors (Lipinski definition) is 4. The van der Waals surface area contributed by atoms with Gasteiger partial charge in [-0.3, -0.25) is 0 Å². The third-order valence-electron chi connectivity index (χ3n) is 6.95. The summed E-state index contributed by atoms with van der Waals surface area (Å²) in [5, 5.41) is 40.0. The maximum atomic E-state index is 9.65. The maximum absolute atomic E-state index is 9.65. The highest BCUT2D eigenvalue weighted by Gasteiger charge is 2.28. The Morgan fingerprint density at radius 1 is 0.333 bits per heavy atom. The van der Waals surface area contributed by atoms with E-state index in [1.54, 1.807) is 48.5 Å². The first kappa shape index (κ1) is 34.9. The van der Waals surface area contributed by atoms with Crippen LogP contribution in [0.4, 0.5) is 0 Å². The van der Waals surface area contributed by atoms with Crippen molar-refractivity contribution in [2.75, 3.05) is 0 Å². The van der Waals surface area contributed by atoms with Crippen LogP contribution >= 0.6 is 92.8 Å². The monoisotopic (exact) mass is 728 g/mol. The van der Waals surface area contributed by atoms with Crippen LogP contribution in [0, 0.1) is 0 Å². The molecule has 0 aliphatic rings. The number of phenolic OH excluding ortho intramolecular Hbond substituents is 4. The molecule has 0 aliphatic carbocycles. The van der Waals surface area contributed by atoms with Crippen molar-refractivity contribution in [3.8, 4) is 23.0 Å². The highest BCUT2D eigenvalue weighted by molar-refractivity contribution is 6.39. The molecule has 4 aromatic carbocycles. The van der Waals surface area contributed by atoms with Gasteiger partial charge in [-0.1, -0.05) is 121 Å². The van der Waals surface area contributed by atoms with Crippen LogP contribution < -0.4 is 0 Å². The maximum Gasteiger partial charge on any atom is 0.152 e. The predicted octanol–water partition coefficient (Wildman–Crippen LogP) is 12.1. The number of benzene rings is 4. The molecule has 42 heavy (non-hydrogen) atoms. The zero-order valence-corrected chi connectivity index (χ0v) is 28.5. The zero-order valence-electron chi connectivity index (χ0n) is 22.4. The summed E-state index contributed by atoms with van der Waals surface area (Å²) < 4.78 is 0. The van der Waals surface area contributed by atoms with Crippen molar-refractivity contribution >= 4 is 92.8 Å². The van der Waals surface area contributed by atoms with Gasteiger partial charge >= 0.3 is 0 Å². The molecule has 0 heterocycles. The van der Waals surface area contributed by atoms with Gasteiger partial charge in [0, 0.05) is 10.8 Å². The molecular formula is C30H24Cl8O4. The summed E-state index contributed by atoms with van der Waals surface area (Å²) in [5.41, 5.74) is 2.09. The van der Waals surface area contributed by atoms with Crippen molar-refractivity contribution in [2.24, 2.45) is 0 Å². The van der Waals surface area contributed by atoms with E-state index in [2.05, 4.69) is 0 Å². The van der Waals surface area contributed by atoms with Crippen LogP contribution in [-0.2, 0) is 10.8 Å². The molecule has 0 amide bonds. The van der Waals surface area contributed by atoms with E-state index >= 15 is 0 Å². The first-order valence-corrected chi connectivity index (χ1v) is 15.0. The summed E-state index contributed by atoms with van der Waals surface area (Å²) in [5.74, 6) is -0.612. The van der Waals surface area contributed by atoms with E-state index in [1.807, 2.05) is 27.7 Å². The summed E-state index contributed by atoms with van der Waals surface area (Å²) in [6, 6.07) is 13.1. The SMILES string of the molecule is CC(C)(c1cc(Cl)c(O)c(Cl)c1)c1cc(Cl)c(O)c(Cl)c1.CC(C)(c1cc(Cl)c(O)c(Cl)c1)c1cc(Cl)c(O)c(Cl)c1. The molecule has 0 spiro atoms. The summed E-state index contributed by atoms with van der Waals surface area (Å²) in [6.45, 7) is 7.74. The minimum absolute atomic E-state index is 0.153. The Morgan fingerprint density at radius 3 is 0.571 bits per heavy atom. The van der Waals surface area contributed by atoms with Crippen LogP contribution in [0.3, 0.4) is 0 Å². The number of rotatable bonds is 4. The Kier molecular flexibility index (Phi) is 10.9. The Balaban J connectivity index is 0.000000230. The van der Waals surface area contributed by atoms with Gasteiger partial charge in [0.15, 0.2) is 23.0 Å². The Hall–Kier alpha value is -1.60. The van der Waals surface area contributed by atoms with E-state index < -0.39 is 10.8 Å². The Bertz CT molecular complexity index is 1330. The fourth-order valence-corrected chi connectivity index (χ4v) is 5.99. The molecule has 0 saturated carbocycles. The summed E-state index contributed by atoms with van der Waals surface area (Å²) >= 11 is 47.8. The van der Waals surface area contributed by atoms with E-state index in [9.17, 15) is 20.4 Å². The minimum Gasteiger partial charge on any atom is -0.505 e. The number of hydrogen-bond acceptors (Lipinski definition) is 4. The smallest absolute Gasteiger partial charge is 0.152 e. The molecular weight excluding hydrogens is 708 g/mol.